The van der Waals surface area contributed by atoms with Crippen molar-refractivity contribution in [1.29, 1.82) is 0 Å². The minimum absolute atomic E-state index is 0.0431. The van der Waals surface area contributed by atoms with Crippen LogP contribution in [0, 0.1) is 0 Å². The first kappa shape index (κ1) is 13.9. The van der Waals surface area contributed by atoms with E-state index in [0.717, 1.165) is 29.7 Å². The Morgan fingerprint density at radius 3 is 2.80 bits per heavy atom. The molecule has 3 nitrogen and oxygen atoms in total. The van der Waals surface area contributed by atoms with Gasteiger partial charge in [0, 0.05) is 5.69 Å². The topological polar surface area (TPSA) is 38.3 Å². The molecule has 2 aliphatic heterocycles. The van der Waals surface area contributed by atoms with Gasteiger partial charge in [-0.3, -0.25) is 4.79 Å². The van der Waals surface area contributed by atoms with Gasteiger partial charge in [0.1, 0.15) is 0 Å². The number of ether oxygens (including phenoxy) is 1. The van der Waals surface area contributed by atoms with Crippen molar-refractivity contribution in [2.45, 2.75) is 56.6 Å². The van der Waals surface area contributed by atoms with Crippen LogP contribution in [-0.2, 0) is 14.9 Å². The molecule has 1 amide bonds. The molecule has 1 N–H and O–H groups in total. The third kappa shape index (κ3) is 2.13. The van der Waals surface area contributed by atoms with Gasteiger partial charge in [-0.05, 0) is 50.8 Å². The van der Waals surface area contributed by atoms with Crippen molar-refractivity contribution in [2.75, 3.05) is 5.32 Å². The van der Waals surface area contributed by atoms with Crippen molar-refractivity contribution in [3.8, 4) is 0 Å². The molecule has 2 heterocycles. The Morgan fingerprint density at radius 2 is 2.15 bits per heavy atom. The van der Waals surface area contributed by atoms with E-state index < -0.39 is 5.41 Å². The summed E-state index contributed by atoms with van der Waals surface area (Å²) < 4.78 is 5.86. The quantitative estimate of drug-likeness (QED) is 0.843. The van der Waals surface area contributed by atoms with Gasteiger partial charge in [0.05, 0.1) is 23.0 Å². The van der Waals surface area contributed by atoms with Crippen LogP contribution in [0.15, 0.2) is 18.2 Å². The molecule has 0 spiro atoms. The highest BCUT2D eigenvalue weighted by Gasteiger charge is 2.39. The number of hydrogen-bond acceptors (Lipinski definition) is 2. The third-order valence-electron chi connectivity index (χ3n) is 4.44. The van der Waals surface area contributed by atoms with Crippen LogP contribution in [0.1, 0.15) is 50.1 Å². The van der Waals surface area contributed by atoms with Crippen LogP contribution in [0.5, 0.6) is 0 Å². The lowest BCUT2D eigenvalue weighted by Gasteiger charge is -2.20. The van der Waals surface area contributed by atoms with Gasteiger partial charge in [-0.25, -0.2) is 0 Å². The molecule has 0 saturated carbocycles. The number of amides is 1. The molecule has 0 aliphatic carbocycles. The predicted molar refractivity (Wildman–Crippen MR) is 80.3 cm³/mol. The van der Waals surface area contributed by atoms with E-state index in [-0.39, 0.29) is 23.5 Å². The molecule has 1 aromatic rings. The zero-order chi connectivity index (χ0) is 14.5. The Bertz CT molecular complexity index is 555. The molecule has 1 aromatic carbocycles. The summed E-state index contributed by atoms with van der Waals surface area (Å²) in [5.41, 5.74) is 2.46. The van der Waals surface area contributed by atoms with E-state index in [1.165, 1.54) is 0 Å². The van der Waals surface area contributed by atoms with Gasteiger partial charge in [0.25, 0.3) is 0 Å². The van der Waals surface area contributed by atoms with Crippen LogP contribution < -0.4 is 5.32 Å². The second kappa shape index (κ2) is 4.74. The molecule has 108 valence electrons. The van der Waals surface area contributed by atoms with Crippen LogP contribution in [-0.4, -0.2) is 18.1 Å². The first-order valence-corrected chi connectivity index (χ1v) is 7.58. The number of hydrogen-bond donors (Lipinski definition) is 1. The highest BCUT2D eigenvalue weighted by molar-refractivity contribution is 6.21. The van der Waals surface area contributed by atoms with Gasteiger partial charge in [-0.2, -0.15) is 0 Å². The lowest BCUT2D eigenvalue weighted by Crippen LogP contribution is -2.27. The van der Waals surface area contributed by atoms with E-state index in [2.05, 4.69) is 18.3 Å². The van der Waals surface area contributed by atoms with Crippen molar-refractivity contribution in [2.24, 2.45) is 0 Å². The fourth-order valence-electron chi connectivity index (χ4n) is 3.02. The molecular weight excluding hydrogens is 274 g/mol. The fourth-order valence-corrected chi connectivity index (χ4v) is 3.34. The molecule has 0 radical (unpaired) electrons. The molecule has 3 atom stereocenters. The van der Waals surface area contributed by atoms with Gasteiger partial charge >= 0.3 is 0 Å². The lowest BCUT2D eigenvalue weighted by atomic mass is 9.85. The lowest BCUT2D eigenvalue weighted by molar-refractivity contribution is -0.119. The number of anilines is 1. The average molecular weight is 294 g/mol. The number of carbonyl (C=O) groups excluding carboxylic acids is 1. The maximum absolute atomic E-state index is 12.0. The standard InChI is InChI=1S/C16H20ClNO2/c1-9-4-7-13(20-9)14(17)10-5-6-12-11(8-10)16(2,3)15(19)18-12/h5-6,8-9,13-14H,4,7H2,1-3H3,(H,18,19). The molecule has 4 heteroatoms. The maximum atomic E-state index is 12.0. The second-order valence-electron chi connectivity index (χ2n) is 6.35. The van der Waals surface area contributed by atoms with Gasteiger partial charge in [0.2, 0.25) is 5.91 Å². The number of benzene rings is 1. The normalized spacial score (nSPS) is 29.1. The highest BCUT2D eigenvalue weighted by Crippen LogP contribution is 2.41. The molecule has 3 rings (SSSR count). The zero-order valence-corrected chi connectivity index (χ0v) is 12.8. The van der Waals surface area contributed by atoms with E-state index in [1.54, 1.807) is 0 Å². The Balaban J connectivity index is 1.90. The van der Waals surface area contributed by atoms with E-state index in [4.69, 9.17) is 16.3 Å². The summed E-state index contributed by atoms with van der Waals surface area (Å²) in [5, 5.41) is 2.76. The molecule has 1 fully saturated rings. The van der Waals surface area contributed by atoms with Gasteiger partial charge < -0.3 is 10.1 Å². The van der Waals surface area contributed by atoms with Crippen LogP contribution in [0.25, 0.3) is 0 Å². The smallest absolute Gasteiger partial charge is 0.234 e. The van der Waals surface area contributed by atoms with Gasteiger partial charge in [0.15, 0.2) is 0 Å². The predicted octanol–water partition coefficient (Wildman–Crippen LogP) is 3.76. The monoisotopic (exact) mass is 293 g/mol. The number of nitrogens with one attached hydrogen (secondary N) is 1. The summed E-state index contributed by atoms with van der Waals surface area (Å²) in [6.45, 7) is 5.96. The molecule has 0 aromatic heterocycles. The molecule has 20 heavy (non-hydrogen) atoms. The average Bonchev–Trinajstić information content (AvgIpc) is 2.92. The summed E-state index contributed by atoms with van der Waals surface area (Å²) in [5.74, 6) is 0.0431. The largest absolute Gasteiger partial charge is 0.373 e. The van der Waals surface area contributed by atoms with Crippen molar-refractivity contribution in [3.05, 3.63) is 29.3 Å². The summed E-state index contributed by atoms with van der Waals surface area (Å²) in [4.78, 5) is 12.0. The summed E-state index contributed by atoms with van der Waals surface area (Å²) >= 11 is 6.58. The van der Waals surface area contributed by atoms with Gasteiger partial charge in [-0.15, -0.1) is 11.6 Å². The van der Waals surface area contributed by atoms with Crippen LogP contribution in [0.3, 0.4) is 0 Å². The third-order valence-corrected chi connectivity index (χ3v) is 4.98. The second-order valence-corrected chi connectivity index (χ2v) is 6.82. The Kier molecular flexibility index (Phi) is 3.30. The van der Waals surface area contributed by atoms with Crippen LogP contribution >= 0.6 is 11.6 Å². The summed E-state index contributed by atoms with van der Waals surface area (Å²) in [6, 6.07) is 5.99. The molecule has 1 saturated heterocycles. The minimum atomic E-state index is -0.494. The molecule has 2 aliphatic rings. The number of rotatable bonds is 2. The molecular formula is C16H20ClNO2. The number of carbonyl (C=O) groups is 1. The van der Waals surface area contributed by atoms with E-state index in [1.807, 2.05) is 26.0 Å². The van der Waals surface area contributed by atoms with Crippen LogP contribution in [0.4, 0.5) is 5.69 Å². The van der Waals surface area contributed by atoms with Crippen molar-refractivity contribution in [3.63, 3.8) is 0 Å². The Morgan fingerprint density at radius 1 is 1.40 bits per heavy atom. The maximum Gasteiger partial charge on any atom is 0.234 e. The fraction of sp³-hybridized carbons (Fsp3) is 0.562. The first-order valence-electron chi connectivity index (χ1n) is 7.15. The highest BCUT2D eigenvalue weighted by atomic mass is 35.5. The minimum Gasteiger partial charge on any atom is -0.373 e. The first-order chi connectivity index (χ1) is 9.39. The van der Waals surface area contributed by atoms with Crippen molar-refractivity contribution >= 4 is 23.2 Å². The Labute approximate surface area is 124 Å². The number of fused-ring (bicyclic) bond motifs is 1. The van der Waals surface area contributed by atoms with E-state index in [0.29, 0.717) is 0 Å². The van der Waals surface area contributed by atoms with Crippen molar-refractivity contribution < 1.29 is 9.53 Å². The van der Waals surface area contributed by atoms with Gasteiger partial charge in [-0.1, -0.05) is 12.1 Å². The number of alkyl halides is 1. The van der Waals surface area contributed by atoms with Crippen LogP contribution in [0.2, 0.25) is 0 Å². The molecule has 3 unspecified atom stereocenters. The zero-order valence-electron chi connectivity index (χ0n) is 12.1. The van der Waals surface area contributed by atoms with E-state index in [9.17, 15) is 4.79 Å². The summed E-state index contributed by atoms with van der Waals surface area (Å²) in [7, 11) is 0. The summed E-state index contributed by atoms with van der Waals surface area (Å²) in [6.07, 6.45) is 2.41. The Hall–Kier alpha value is -1.06. The SMILES string of the molecule is CC1CCC(C(Cl)c2ccc3c(c2)C(C)(C)C(=O)N3)O1. The van der Waals surface area contributed by atoms with E-state index >= 15 is 0 Å². The number of halogens is 1. The van der Waals surface area contributed by atoms with Crippen molar-refractivity contribution in [1.82, 2.24) is 0 Å². The molecule has 0 bridgehead atoms.